The van der Waals surface area contributed by atoms with Crippen LogP contribution in [0.15, 0.2) is 12.1 Å². The minimum Gasteiger partial charge on any atom is -0.493 e. The summed E-state index contributed by atoms with van der Waals surface area (Å²) in [7, 11) is 1.75. The smallest absolute Gasteiger partial charge is 0.323 e. The number of nitrogens with one attached hydrogen (secondary N) is 1. The van der Waals surface area contributed by atoms with Crippen LogP contribution in [0.5, 0.6) is 5.75 Å². The maximum Gasteiger partial charge on any atom is 0.323 e. The third kappa shape index (κ3) is 4.53. The van der Waals surface area contributed by atoms with E-state index in [1.807, 2.05) is 13.8 Å². The van der Waals surface area contributed by atoms with Crippen molar-refractivity contribution < 1.29 is 14.3 Å². The van der Waals surface area contributed by atoms with Crippen LogP contribution in [0, 0.1) is 20.8 Å². The highest BCUT2D eigenvalue weighted by molar-refractivity contribution is 5.75. The van der Waals surface area contributed by atoms with Crippen LogP contribution in [0.2, 0.25) is 0 Å². The highest BCUT2D eigenvalue weighted by atomic mass is 16.5. The van der Waals surface area contributed by atoms with Gasteiger partial charge in [-0.2, -0.15) is 0 Å². The Labute approximate surface area is 121 Å². The number of benzene rings is 1. The highest BCUT2D eigenvalue weighted by Gasteiger charge is 2.17. The Morgan fingerprint density at radius 2 is 1.85 bits per heavy atom. The van der Waals surface area contributed by atoms with Gasteiger partial charge in [-0.3, -0.25) is 4.79 Å². The van der Waals surface area contributed by atoms with Crippen molar-refractivity contribution in [2.24, 2.45) is 0 Å². The van der Waals surface area contributed by atoms with E-state index in [9.17, 15) is 4.79 Å². The van der Waals surface area contributed by atoms with Crippen molar-refractivity contribution in [1.82, 2.24) is 5.32 Å². The van der Waals surface area contributed by atoms with Crippen LogP contribution in [0.4, 0.5) is 0 Å². The molecule has 0 aromatic heterocycles. The Hall–Kier alpha value is -1.55. The predicted molar refractivity (Wildman–Crippen MR) is 80.2 cm³/mol. The largest absolute Gasteiger partial charge is 0.493 e. The quantitative estimate of drug-likeness (QED) is 0.779. The van der Waals surface area contributed by atoms with E-state index >= 15 is 0 Å². The minimum absolute atomic E-state index is 0.226. The summed E-state index contributed by atoms with van der Waals surface area (Å²) in [5, 5.41) is 2.96. The molecule has 0 fully saturated rings. The fourth-order valence-electron chi connectivity index (χ4n) is 2.30. The van der Waals surface area contributed by atoms with Crippen LogP contribution in [-0.2, 0) is 9.53 Å². The van der Waals surface area contributed by atoms with Crippen molar-refractivity contribution in [3.05, 3.63) is 28.8 Å². The first-order valence-corrected chi connectivity index (χ1v) is 7.04. The van der Waals surface area contributed by atoms with E-state index in [-0.39, 0.29) is 12.0 Å². The van der Waals surface area contributed by atoms with Gasteiger partial charge in [0.05, 0.1) is 13.2 Å². The standard InChI is InChI=1S/C16H25NO3/c1-6-19-16(18)14(17-5)7-8-20-15-12(3)9-11(2)10-13(15)4/h9-10,14,17H,6-8H2,1-5H3. The zero-order valence-electron chi connectivity index (χ0n) is 13.1. The van der Waals surface area contributed by atoms with Crippen LogP contribution in [-0.4, -0.2) is 32.3 Å². The van der Waals surface area contributed by atoms with Crippen LogP contribution in [0.3, 0.4) is 0 Å². The van der Waals surface area contributed by atoms with Crippen LogP contribution in [0.1, 0.15) is 30.0 Å². The van der Waals surface area contributed by atoms with Gasteiger partial charge in [-0.15, -0.1) is 0 Å². The third-order valence-electron chi connectivity index (χ3n) is 3.18. The van der Waals surface area contributed by atoms with Crippen LogP contribution < -0.4 is 10.1 Å². The number of ether oxygens (including phenoxy) is 2. The summed E-state index contributed by atoms with van der Waals surface area (Å²) in [5.74, 6) is 0.685. The molecular formula is C16H25NO3. The van der Waals surface area contributed by atoms with Gasteiger partial charge in [0.2, 0.25) is 0 Å². The monoisotopic (exact) mass is 279 g/mol. The molecule has 1 unspecified atom stereocenters. The van der Waals surface area contributed by atoms with Gasteiger partial charge in [0, 0.05) is 6.42 Å². The lowest BCUT2D eigenvalue weighted by Gasteiger charge is -2.17. The van der Waals surface area contributed by atoms with E-state index in [1.54, 1.807) is 14.0 Å². The van der Waals surface area contributed by atoms with E-state index < -0.39 is 0 Å². The molecule has 1 aromatic rings. The van der Waals surface area contributed by atoms with Gasteiger partial charge in [-0.05, 0) is 45.9 Å². The van der Waals surface area contributed by atoms with Gasteiger partial charge in [-0.25, -0.2) is 0 Å². The van der Waals surface area contributed by atoms with Gasteiger partial charge in [-0.1, -0.05) is 17.7 Å². The van der Waals surface area contributed by atoms with Crippen molar-refractivity contribution in [3.63, 3.8) is 0 Å². The molecule has 112 valence electrons. The molecule has 4 nitrogen and oxygen atoms in total. The number of hydrogen-bond donors (Lipinski definition) is 1. The molecular weight excluding hydrogens is 254 g/mol. The Kier molecular flexibility index (Phi) is 6.52. The molecule has 1 rings (SSSR count). The molecule has 0 saturated heterocycles. The second-order valence-electron chi connectivity index (χ2n) is 4.96. The van der Waals surface area contributed by atoms with Crippen molar-refractivity contribution >= 4 is 5.97 Å². The van der Waals surface area contributed by atoms with E-state index in [2.05, 4.69) is 24.4 Å². The molecule has 0 radical (unpaired) electrons. The van der Waals surface area contributed by atoms with E-state index in [1.165, 1.54) is 5.56 Å². The number of carbonyl (C=O) groups excluding carboxylic acids is 1. The summed E-state index contributed by atoms with van der Waals surface area (Å²) < 4.78 is 10.8. The fourth-order valence-corrected chi connectivity index (χ4v) is 2.30. The average Bonchev–Trinajstić information content (AvgIpc) is 2.37. The number of aryl methyl sites for hydroxylation is 3. The molecule has 0 spiro atoms. The van der Waals surface area contributed by atoms with Crippen molar-refractivity contribution in [3.8, 4) is 5.75 Å². The second-order valence-corrected chi connectivity index (χ2v) is 4.96. The predicted octanol–water partition coefficient (Wildman–Crippen LogP) is 2.53. The zero-order valence-corrected chi connectivity index (χ0v) is 13.1. The third-order valence-corrected chi connectivity index (χ3v) is 3.18. The van der Waals surface area contributed by atoms with Crippen molar-refractivity contribution in [2.75, 3.05) is 20.3 Å². The summed E-state index contributed by atoms with van der Waals surface area (Å²) >= 11 is 0. The number of carbonyl (C=O) groups is 1. The number of hydrogen-bond acceptors (Lipinski definition) is 4. The first kappa shape index (κ1) is 16.5. The van der Waals surface area contributed by atoms with Crippen molar-refractivity contribution in [2.45, 2.75) is 40.2 Å². The second kappa shape index (κ2) is 7.90. The highest BCUT2D eigenvalue weighted by Crippen LogP contribution is 2.24. The summed E-state index contributed by atoms with van der Waals surface area (Å²) in [6.07, 6.45) is 0.585. The first-order chi connectivity index (χ1) is 9.49. The lowest BCUT2D eigenvalue weighted by molar-refractivity contribution is -0.145. The average molecular weight is 279 g/mol. The number of esters is 1. The van der Waals surface area contributed by atoms with Gasteiger partial charge in [0.25, 0.3) is 0 Å². The van der Waals surface area contributed by atoms with E-state index in [0.717, 1.165) is 16.9 Å². The van der Waals surface area contributed by atoms with Gasteiger partial charge < -0.3 is 14.8 Å². The molecule has 0 heterocycles. The Morgan fingerprint density at radius 1 is 1.25 bits per heavy atom. The molecule has 0 saturated carbocycles. The molecule has 0 bridgehead atoms. The molecule has 1 N–H and O–H groups in total. The minimum atomic E-state index is -0.319. The molecule has 0 aliphatic heterocycles. The fraction of sp³-hybridized carbons (Fsp3) is 0.562. The van der Waals surface area contributed by atoms with E-state index in [4.69, 9.17) is 9.47 Å². The molecule has 1 aromatic carbocycles. The van der Waals surface area contributed by atoms with Gasteiger partial charge >= 0.3 is 5.97 Å². The SMILES string of the molecule is CCOC(=O)C(CCOc1c(C)cc(C)cc1C)NC. The maximum absolute atomic E-state index is 11.7. The maximum atomic E-state index is 11.7. The normalized spacial score (nSPS) is 12.1. The molecule has 20 heavy (non-hydrogen) atoms. The van der Waals surface area contributed by atoms with E-state index in [0.29, 0.717) is 19.6 Å². The van der Waals surface area contributed by atoms with Gasteiger partial charge in [0.1, 0.15) is 11.8 Å². The summed E-state index contributed by atoms with van der Waals surface area (Å²) in [6.45, 7) is 8.83. The first-order valence-electron chi connectivity index (χ1n) is 7.04. The zero-order chi connectivity index (χ0) is 15.1. The Bertz CT molecular complexity index is 434. The molecule has 0 aliphatic rings. The topological polar surface area (TPSA) is 47.6 Å². The number of likely N-dealkylation sites (N-methyl/N-ethyl adjacent to an activating group) is 1. The van der Waals surface area contributed by atoms with Gasteiger partial charge in [0.15, 0.2) is 0 Å². The lowest BCUT2D eigenvalue weighted by Crippen LogP contribution is -2.36. The summed E-state index contributed by atoms with van der Waals surface area (Å²) in [5.41, 5.74) is 3.48. The lowest BCUT2D eigenvalue weighted by atomic mass is 10.1. The van der Waals surface area contributed by atoms with Crippen LogP contribution >= 0.6 is 0 Å². The molecule has 0 amide bonds. The molecule has 0 aliphatic carbocycles. The summed E-state index contributed by atoms with van der Waals surface area (Å²) in [6, 6.07) is 3.88. The van der Waals surface area contributed by atoms with Crippen molar-refractivity contribution in [1.29, 1.82) is 0 Å². The number of rotatable bonds is 7. The molecule has 4 heteroatoms. The van der Waals surface area contributed by atoms with Crippen LogP contribution in [0.25, 0.3) is 0 Å². The Morgan fingerprint density at radius 3 is 2.35 bits per heavy atom. The Balaban J connectivity index is 2.57. The molecule has 1 atom stereocenters. The summed E-state index contributed by atoms with van der Waals surface area (Å²) in [4.78, 5) is 11.7.